The Morgan fingerprint density at radius 2 is 1.89 bits per heavy atom. The molecule has 0 fully saturated rings. The number of hydrogen-bond acceptors (Lipinski definition) is 3. The molecule has 0 aliphatic rings. The highest BCUT2D eigenvalue weighted by Crippen LogP contribution is 2.06. The van der Waals surface area contributed by atoms with Crippen LogP contribution in [-0.2, 0) is 9.53 Å². The van der Waals surface area contributed by atoms with E-state index in [-0.39, 0.29) is 18.4 Å². The van der Waals surface area contributed by atoms with Crippen molar-refractivity contribution < 1.29 is 14.3 Å². The summed E-state index contributed by atoms with van der Waals surface area (Å²) in [6.45, 7) is 9.73. The van der Waals surface area contributed by atoms with Gasteiger partial charge in [-0.05, 0) is 34.1 Å². The van der Waals surface area contributed by atoms with Crippen LogP contribution in [0.5, 0.6) is 0 Å². The molecule has 2 N–H and O–H groups in total. The number of amides is 2. The summed E-state index contributed by atoms with van der Waals surface area (Å²) in [5.41, 5.74) is -0.512. The van der Waals surface area contributed by atoms with E-state index in [1.807, 2.05) is 6.92 Å². The van der Waals surface area contributed by atoms with Gasteiger partial charge in [0.15, 0.2) is 0 Å². The number of rotatable bonds is 6. The van der Waals surface area contributed by atoms with E-state index >= 15 is 0 Å². The van der Waals surface area contributed by atoms with E-state index in [0.29, 0.717) is 6.54 Å². The van der Waals surface area contributed by atoms with Crippen molar-refractivity contribution in [3.8, 4) is 0 Å². The van der Waals surface area contributed by atoms with Crippen molar-refractivity contribution in [2.45, 2.75) is 65.5 Å². The first-order valence-electron chi connectivity index (χ1n) is 6.50. The van der Waals surface area contributed by atoms with Gasteiger partial charge in [0.05, 0.1) is 0 Å². The van der Waals surface area contributed by atoms with Crippen molar-refractivity contribution >= 4 is 12.0 Å². The van der Waals surface area contributed by atoms with Crippen LogP contribution in [0.25, 0.3) is 0 Å². The average Bonchev–Trinajstić information content (AvgIpc) is 2.14. The Bertz CT molecular complexity index is 272. The van der Waals surface area contributed by atoms with Crippen LogP contribution in [-0.4, -0.2) is 30.2 Å². The van der Waals surface area contributed by atoms with Gasteiger partial charge in [0.2, 0.25) is 5.91 Å². The van der Waals surface area contributed by atoms with Crippen molar-refractivity contribution in [3.63, 3.8) is 0 Å². The minimum Gasteiger partial charge on any atom is -0.444 e. The molecule has 106 valence electrons. The van der Waals surface area contributed by atoms with E-state index in [2.05, 4.69) is 17.6 Å². The fourth-order valence-corrected chi connectivity index (χ4v) is 1.44. The van der Waals surface area contributed by atoms with E-state index in [9.17, 15) is 9.59 Å². The van der Waals surface area contributed by atoms with E-state index in [1.165, 1.54) is 0 Å². The van der Waals surface area contributed by atoms with E-state index in [4.69, 9.17) is 4.74 Å². The average molecular weight is 258 g/mol. The zero-order chi connectivity index (χ0) is 14.2. The molecule has 0 spiro atoms. The molecule has 0 saturated carbocycles. The number of carbonyl (C=O) groups excluding carboxylic acids is 2. The summed E-state index contributed by atoms with van der Waals surface area (Å²) in [5, 5.41) is 5.43. The van der Waals surface area contributed by atoms with Crippen molar-refractivity contribution in [3.05, 3.63) is 0 Å². The fraction of sp³-hybridized carbons (Fsp3) is 0.846. The molecule has 5 nitrogen and oxygen atoms in total. The molecular formula is C13H26N2O3. The predicted molar refractivity (Wildman–Crippen MR) is 71.4 cm³/mol. The Labute approximate surface area is 110 Å². The van der Waals surface area contributed by atoms with Gasteiger partial charge < -0.3 is 15.4 Å². The Kier molecular flexibility index (Phi) is 7.39. The van der Waals surface area contributed by atoms with Crippen LogP contribution in [0.2, 0.25) is 0 Å². The molecule has 0 aliphatic carbocycles. The van der Waals surface area contributed by atoms with Crippen molar-refractivity contribution in [1.29, 1.82) is 0 Å². The summed E-state index contributed by atoms with van der Waals surface area (Å²) >= 11 is 0. The fourth-order valence-electron chi connectivity index (χ4n) is 1.44. The molecule has 0 aliphatic heterocycles. The lowest BCUT2D eigenvalue weighted by Crippen LogP contribution is -2.37. The minimum atomic E-state index is -0.512. The van der Waals surface area contributed by atoms with Crippen LogP contribution in [0.15, 0.2) is 0 Å². The SMILES string of the molecule is CCCC(C)NC(=O)CCNC(=O)OC(C)(C)C. The molecule has 2 amide bonds. The van der Waals surface area contributed by atoms with Crippen LogP contribution < -0.4 is 10.6 Å². The number of nitrogens with one attached hydrogen (secondary N) is 2. The Balaban J connectivity index is 3.71. The van der Waals surface area contributed by atoms with Gasteiger partial charge in [-0.2, -0.15) is 0 Å². The smallest absolute Gasteiger partial charge is 0.407 e. The second-order valence-corrected chi connectivity index (χ2v) is 5.44. The summed E-state index contributed by atoms with van der Waals surface area (Å²) in [5.74, 6) is -0.0491. The Morgan fingerprint density at radius 1 is 1.28 bits per heavy atom. The molecule has 0 rings (SSSR count). The molecule has 1 unspecified atom stereocenters. The second-order valence-electron chi connectivity index (χ2n) is 5.44. The summed E-state index contributed by atoms with van der Waals surface area (Å²) in [4.78, 5) is 22.8. The van der Waals surface area contributed by atoms with Gasteiger partial charge in [-0.1, -0.05) is 13.3 Å². The third-order valence-electron chi connectivity index (χ3n) is 2.15. The minimum absolute atomic E-state index is 0.0491. The van der Waals surface area contributed by atoms with Gasteiger partial charge in [-0.3, -0.25) is 4.79 Å². The molecule has 0 radical (unpaired) electrons. The molecule has 0 saturated heterocycles. The lowest BCUT2D eigenvalue weighted by Gasteiger charge is -2.19. The molecule has 0 bridgehead atoms. The molecule has 18 heavy (non-hydrogen) atoms. The lowest BCUT2D eigenvalue weighted by molar-refractivity contribution is -0.121. The molecule has 5 heteroatoms. The van der Waals surface area contributed by atoms with Gasteiger partial charge in [0.25, 0.3) is 0 Å². The zero-order valence-electron chi connectivity index (χ0n) is 12.1. The number of ether oxygens (including phenoxy) is 1. The van der Waals surface area contributed by atoms with Crippen LogP contribution in [0.3, 0.4) is 0 Å². The van der Waals surface area contributed by atoms with Crippen LogP contribution in [0, 0.1) is 0 Å². The number of hydrogen-bond donors (Lipinski definition) is 2. The van der Waals surface area contributed by atoms with E-state index in [1.54, 1.807) is 20.8 Å². The van der Waals surface area contributed by atoms with Gasteiger partial charge in [-0.15, -0.1) is 0 Å². The molecule has 0 aromatic rings. The monoisotopic (exact) mass is 258 g/mol. The number of alkyl carbamates (subject to hydrolysis) is 1. The Morgan fingerprint density at radius 3 is 2.39 bits per heavy atom. The lowest BCUT2D eigenvalue weighted by atomic mass is 10.2. The third kappa shape index (κ3) is 9.93. The van der Waals surface area contributed by atoms with E-state index in [0.717, 1.165) is 12.8 Å². The summed E-state index contributed by atoms with van der Waals surface area (Å²) < 4.78 is 5.06. The maximum atomic E-state index is 11.5. The van der Waals surface area contributed by atoms with Gasteiger partial charge in [0, 0.05) is 19.0 Å². The highest BCUT2D eigenvalue weighted by Gasteiger charge is 2.16. The first-order valence-corrected chi connectivity index (χ1v) is 6.50. The molecular weight excluding hydrogens is 232 g/mol. The third-order valence-corrected chi connectivity index (χ3v) is 2.15. The van der Waals surface area contributed by atoms with Crippen molar-refractivity contribution in [1.82, 2.24) is 10.6 Å². The predicted octanol–water partition coefficient (Wildman–Crippen LogP) is 2.21. The Hall–Kier alpha value is -1.26. The molecule has 0 heterocycles. The topological polar surface area (TPSA) is 67.4 Å². The van der Waals surface area contributed by atoms with Gasteiger partial charge in [-0.25, -0.2) is 4.79 Å². The second kappa shape index (κ2) is 7.95. The quantitative estimate of drug-likeness (QED) is 0.767. The first kappa shape index (κ1) is 16.7. The maximum absolute atomic E-state index is 11.5. The first-order chi connectivity index (χ1) is 8.24. The summed E-state index contributed by atoms with van der Waals surface area (Å²) in [6, 6.07) is 0.184. The largest absolute Gasteiger partial charge is 0.444 e. The van der Waals surface area contributed by atoms with Gasteiger partial charge >= 0.3 is 6.09 Å². The normalized spacial score (nSPS) is 12.7. The zero-order valence-corrected chi connectivity index (χ0v) is 12.1. The van der Waals surface area contributed by atoms with Crippen LogP contribution in [0.4, 0.5) is 4.79 Å². The van der Waals surface area contributed by atoms with Crippen molar-refractivity contribution in [2.24, 2.45) is 0 Å². The van der Waals surface area contributed by atoms with Crippen molar-refractivity contribution in [2.75, 3.05) is 6.54 Å². The van der Waals surface area contributed by atoms with Crippen LogP contribution >= 0.6 is 0 Å². The van der Waals surface area contributed by atoms with Crippen LogP contribution in [0.1, 0.15) is 53.9 Å². The summed E-state index contributed by atoms with van der Waals surface area (Å²) in [7, 11) is 0. The number of carbonyl (C=O) groups is 2. The molecule has 0 aromatic heterocycles. The highest BCUT2D eigenvalue weighted by atomic mass is 16.6. The standard InChI is InChI=1S/C13H26N2O3/c1-6-7-10(2)15-11(16)8-9-14-12(17)18-13(3,4)5/h10H,6-9H2,1-5H3,(H,14,17)(H,15,16). The van der Waals surface area contributed by atoms with Gasteiger partial charge in [0.1, 0.15) is 5.60 Å². The summed E-state index contributed by atoms with van der Waals surface area (Å²) in [6.07, 6.45) is 1.78. The van der Waals surface area contributed by atoms with E-state index < -0.39 is 11.7 Å². The molecule has 0 aromatic carbocycles. The maximum Gasteiger partial charge on any atom is 0.407 e. The highest BCUT2D eigenvalue weighted by molar-refractivity contribution is 5.77. The molecule has 1 atom stereocenters.